The van der Waals surface area contributed by atoms with Crippen LogP contribution in [0.2, 0.25) is 0 Å². The van der Waals surface area contributed by atoms with Gasteiger partial charge in [-0.3, -0.25) is 0 Å². The average Bonchev–Trinajstić information content (AvgIpc) is 2.48. The molecule has 118 valence electrons. The van der Waals surface area contributed by atoms with Gasteiger partial charge in [0.05, 0.1) is 10.5 Å². The van der Waals surface area contributed by atoms with Crippen LogP contribution in [0.4, 0.5) is 0 Å². The van der Waals surface area contributed by atoms with Crippen molar-refractivity contribution in [1.29, 1.82) is 0 Å². The molecule has 0 aromatic heterocycles. The van der Waals surface area contributed by atoms with E-state index in [0.717, 1.165) is 18.4 Å². The molecule has 1 heterocycles. The first-order valence-electron chi connectivity index (χ1n) is 7.16. The molecule has 1 aromatic rings. The van der Waals surface area contributed by atoms with Crippen LogP contribution in [0.25, 0.3) is 0 Å². The van der Waals surface area contributed by atoms with E-state index in [9.17, 15) is 8.42 Å². The SMILES string of the molecule is COC1(C)CCCN(S(=O)(=O)c2ccc(CCO)cc2)C1. The fourth-order valence-electron chi connectivity index (χ4n) is 2.64. The molecule has 1 saturated heterocycles. The van der Waals surface area contributed by atoms with Crippen molar-refractivity contribution in [3.63, 3.8) is 0 Å². The monoisotopic (exact) mass is 313 g/mol. The zero-order valence-electron chi connectivity index (χ0n) is 12.6. The molecule has 0 aliphatic carbocycles. The Balaban J connectivity index is 2.21. The van der Waals surface area contributed by atoms with Crippen LogP contribution in [0.3, 0.4) is 0 Å². The van der Waals surface area contributed by atoms with Crippen LogP contribution in [0, 0.1) is 0 Å². The summed E-state index contributed by atoms with van der Waals surface area (Å²) in [7, 11) is -1.86. The molecule has 6 heteroatoms. The van der Waals surface area contributed by atoms with E-state index in [0.29, 0.717) is 24.4 Å². The van der Waals surface area contributed by atoms with Gasteiger partial charge in [0.1, 0.15) is 0 Å². The summed E-state index contributed by atoms with van der Waals surface area (Å²) in [6.45, 7) is 2.91. The molecule has 0 amide bonds. The van der Waals surface area contributed by atoms with E-state index >= 15 is 0 Å². The second kappa shape index (κ2) is 6.44. The third-order valence-corrected chi connectivity index (χ3v) is 5.94. The lowest BCUT2D eigenvalue weighted by Crippen LogP contribution is -2.49. The molecule has 0 radical (unpaired) electrons. The summed E-state index contributed by atoms with van der Waals surface area (Å²) >= 11 is 0. The number of sulfonamides is 1. The Kier molecular flexibility index (Phi) is 5.03. The predicted octanol–water partition coefficient (Wildman–Crippen LogP) is 1.41. The van der Waals surface area contributed by atoms with E-state index in [2.05, 4.69) is 0 Å². The van der Waals surface area contributed by atoms with Crippen molar-refractivity contribution in [2.75, 3.05) is 26.8 Å². The summed E-state index contributed by atoms with van der Waals surface area (Å²) in [5.41, 5.74) is 0.513. The average molecular weight is 313 g/mol. The zero-order chi connectivity index (χ0) is 15.5. The molecule has 5 nitrogen and oxygen atoms in total. The van der Waals surface area contributed by atoms with Gasteiger partial charge in [-0.25, -0.2) is 8.42 Å². The summed E-state index contributed by atoms with van der Waals surface area (Å²) in [6, 6.07) is 6.73. The fourth-order valence-corrected chi connectivity index (χ4v) is 4.23. The Morgan fingerprint density at radius 3 is 2.57 bits per heavy atom. The summed E-state index contributed by atoms with van der Waals surface area (Å²) in [5, 5.41) is 8.90. The van der Waals surface area contributed by atoms with Crippen LogP contribution < -0.4 is 0 Å². The largest absolute Gasteiger partial charge is 0.396 e. The molecule has 21 heavy (non-hydrogen) atoms. The number of aliphatic hydroxyl groups is 1. The Hall–Kier alpha value is -0.950. The fraction of sp³-hybridized carbons (Fsp3) is 0.600. The van der Waals surface area contributed by atoms with Gasteiger partial charge in [-0.2, -0.15) is 4.31 Å². The topological polar surface area (TPSA) is 66.8 Å². The normalized spacial score (nSPS) is 24.1. The molecule has 1 aliphatic heterocycles. The highest BCUT2D eigenvalue weighted by atomic mass is 32.2. The number of methoxy groups -OCH3 is 1. The number of aliphatic hydroxyl groups excluding tert-OH is 1. The molecule has 0 bridgehead atoms. The van der Waals surface area contributed by atoms with E-state index < -0.39 is 15.6 Å². The van der Waals surface area contributed by atoms with Crippen molar-refractivity contribution in [1.82, 2.24) is 4.31 Å². The minimum Gasteiger partial charge on any atom is -0.396 e. The van der Waals surface area contributed by atoms with Gasteiger partial charge in [-0.15, -0.1) is 0 Å². The maximum atomic E-state index is 12.7. The molecule has 1 atom stereocenters. The van der Waals surface area contributed by atoms with Gasteiger partial charge in [0.25, 0.3) is 0 Å². The molecular weight excluding hydrogens is 290 g/mol. The van der Waals surface area contributed by atoms with Crippen LogP contribution in [-0.2, 0) is 21.2 Å². The number of benzene rings is 1. The van der Waals surface area contributed by atoms with Crippen LogP contribution in [0.1, 0.15) is 25.3 Å². The summed E-state index contributed by atoms with van der Waals surface area (Å²) in [5.74, 6) is 0. The lowest BCUT2D eigenvalue weighted by atomic mass is 9.96. The van der Waals surface area contributed by atoms with Crippen LogP contribution in [0.15, 0.2) is 29.2 Å². The quantitative estimate of drug-likeness (QED) is 0.892. The maximum Gasteiger partial charge on any atom is 0.243 e. The van der Waals surface area contributed by atoms with Crippen molar-refractivity contribution in [2.24, 2.45) is 0 Å². The van der Waals surface area contributed by atoms with Crippen LogP contribution >= 0.6 is 0 Å². The number of piperidine rings is 1. The summed E-state index contributed by atoms with van der Waals surface area (Å²) in [4.78, 5) is 0.296. The number of rotatable bonds is 5. The third kappa shape index (κ3) is 3.63. The van der Waals surface area contributed by atoms with Gasteiger partial charge in [0.15, 0.2) is 0 Å². The minimum absolute atomic E-state index is 0.0599. The Morgan fingerprint density at radius 2 is 2.00 bits per heavy atom. The molecule has 1 fully saturated rings. The van der Waals surface area contributed by atoms with Gasteiger partial charge in [0, 0.05) is 26.8 Å². The van der Waals surface area contributed by atoms with E-state index in [-0.39, 0.29) is 6.61 Å². The molecule has 2 rings (SSSR count). The number of nitrogens with zero attached hydrogens (tertiary/aromatic N) is 1. The number of hydrogen-bond donors (Lipinski definition) is 1. The third-order valence-electron chi connectivity index (χ3n) is 4.08. The second-order valence-corrected chi connectivity index (χ2v) is 7.65. The Bertz CT molecular complexity index is 570. The van der Waals surface area contributed by atoms with Crippen molar-refractivity contribution in [3.8, 4) is 0 Å². The molecule has 0 saturated carbocycles. The smallest absolute Gasteiger partial charge is 0.243 e. The standard InChI is InChI=1S/C15H23NO4S/c1-15(20-2)9-3-10-16(12-15)21(18,19)14-6-4-13(5-7-14)8-11-17/h4-7,17H,3,8-12H2,1-2H3. The second-order valence-electron chi connectivity index (χ2n) is 5.71. The summed E-state index contributed by atoms with van der Waals surface area (Å²) < 4.78 is 32.3. The predicted molar refractivity (Wildman–Crippen MR) is 80.6 cm³/mol. The highest BCUT2D eigenvalue weighted by molar-refractivity contribution is 7.89. The van der Waals surface area contributed by atoms with Crippen molar-refractivity contribution < 1.29 is 18.3 Å². The molecular formula is C15H23NO4S. The van der Waals surface area contributed by atoms with Gasteiger partial charge in [-0.05, 0) is 43.9 Å². The van der Waals surface area contributed by atoms with E-state index in [1.54, 1.807) is 31.4 Å². The number of ether oxygens (including phenoxy) is 1. The lowest BCUT2D eigenvalue weighted by molar-refractivity contribution is -0.0319. The Morgan fingerprint density at radius 1 is 1.33 bits per heavy atom. The first-order valence-corrected chi connectivity index (χ1v) is 8.60. The molecule has 1 aliphatic rings. The van der Waals surface area contributed by atoms with Crippen molar-refractivity contribution in [3.05, 3.63) is 29.8 Å². The van der Waals surface area contributed by atoms with E-state index in [1.165, 1.54) is 4.31 Å². The van der Waals surface area contributed by atoms with E-state index in [4.69, 9.17) is 9.84 Å². The minimum atomic E-state index is -3.48. The van der Waals surface area contributed by atoms with Crippen LogP contribution in [0.5, 0.6) is 0 Å². The van der Waals surface area contributed by atoms with Gasteiger partial charge in [0.2, 0.25) is 10.0 Å². The van der Waals surface area contributed by atoms with Crippen LogP contribution in [-0.4, -0.2) is 50.2 Å². The first-order chi connectivity index (χ1) is 9.91. The zero-order valence-corrected chi connectivity index (χ0v) is 13.4. The lowest BCUT2D eigenvalue weighted by Gasteiger charge is -2.38. The molecule has 1 N–H and O–H groups in total. The summed E-state index contributed by atoms with van der Waals surface area (Å²) in [6.07, 6.45) is 2.20. The van der Waals surface area contributed by atoms with Crippen molar-refractivity contribution >= 4 is 10.0 Å². The molecule has 0 spiro atoms. The van der Waals surface area contributed by atoms with Crippen molar-refractivity contribution in [2.45, 2.75) is 36.7 Å². The first kappa shape index (κ1) is 16.4. The van der Waals surface area contributed by atoms with E-state index in [1.807, 2.05) is 6.92 Å². The van der Waals surface area contributed by atoms with Gasteiger partial charge >= 0.3 is 0 Å². The Labute approximate surface area is 126 Å². The van der Waals surface area contributed by atoms with Gasteiger partial charge in [-0.1, -0.05) is 12.1 Å². The molecule has 1 aromatic carbocycles. The van der Waals surface area contributed by atoms with Gasteiger partial charge < -0.3 is 9.84 Å². The number of hydrogen-bond acceptors (Lipinski definition) is 4. The highest BCUT2D eigenvalue weighted by Crippen LogP contribution is 2.28. The highest BCUT2D eigenvalue weighted by Gasteiger charge is 2.36. The molecule has 1 unspecified atom stereocenters. The maximum absolute atomic E-state index is 12.7.